The number of amides is 1. The van der Waals surface area contributed by atoms with E-state index in [-0.39, 0.29) is 11.8 Å². The minimum Gasteiger partial charge on any atom is -0.497 e. The number of nitrogens with one attached hydrogen (secondary N) is 1. The molecule has 5 nitrogen and oxygen atoms in total. The lowest BCUT2D eigenvalue weighted by Crippen LogP contribution is -2.28. The second-order valence-electron chi connectivity index (χ2n) is 6.93. The highest BCUT2D eigenvalue weighted by atomic mass is 16.5. The maximum Gasteiger partial charge on any atom is 0.255 e. The van der Waals surface area contributed by atoms with Crippen molar-refractivity contribution in [1.29, 1.82) is 0 Å². The summed E-state index contributed by atoms with van der Waals surface area (Å²) < 4.78 is 7.12. The SMILES string of the molecule is CCc1c(C(=O)NCC(C)C)c(C(C)C)nn1-c1ccc(OC)cc1. The third-order valence-corrected chi connectivity index (χ3v) is 4.10. The van der Waals surface area contributed by atoms with E-state index in [4.69, 9.17) is 9.84 Å². The molecule has 0 fully saturated rings. The zero-order chi connectivity index (χ0) is 18.6. The normalized spacial score (nSPS) is 11.2. The highest BCUT2D eigenvalue weighted by molar-refractivity contribution is 5.96. The second kappa shape index (κ2) is 8.19. The summed E-state index contributed by atoms with van der Waals surface area (Å²) in [6, 6.07) is 7.74. The van der Waals surface area contributed by atoms with E-state index in [9.17, 15) is 4.79 Å². The van der Waals surface area contributed by atoms with Crippen LogP contribution in [0.3, 0.4) is 0 Å². The summed E-state index contributed by atoms with van der Waals surface area (Å²) in [5, 5.41) is 7.81. The van der Waals surface area contributed by atoms with Gasteiger partial charge in [0, 0.05) is 6.54 Å². The van der Waals surface area contributed by atoms with Crippen LogP contribution in [0.4, 0.5) is 0 Å². The van der Waals surface area contributed by atoms with Crippen molar-refractivity contribution in [2.75, 3.05) is 13.7 Å². The van der Waals surface area contributed by atoms with E-state index in [1.165, 1.54) is 0 Å². The fraction of sp³-hybridized carbons (Fsp3) is 0.500. The van der Waals surface area contributed by atoms with Crippen molar-refractivity contribution in [3.8, 4) is 11.4 Å². The van der Waals surface area contributed by atoms with Crippen molar-refractivity contribution >= 4 is 5.91 Å². The molecule has 1 N–H and O–H groups in total. The zero-order valence-electron chi connectivity index (χ0n) is 16.1. The molecule has 1 heterocycles. The first kappa shape index (κ1) is 19.0. The number of benzene rings is 1. The monoisotopic (exact) mass is 343 g/mol. The highest BCUT2D eigenvalue weighted by Crippen LogP contribution is 2.26. The van der Waals surface area contributed by atoms with Crippen molar-refractivity contribution in [2.45, 2.75) is 47.0 Å². The molecule has 0 atom stereocenters. The van der Waals surface area contributed by atoms with E-state index >= 15 is 0 Å². The van der Waals surface area contributed by atoms with Gasteiger partial charge in [-0.2, -0.15) is 5.10 Å². The van der Waals surface area contributed by atoms with E-state index in [0.717, 1.165) is 29.2 Å². The van der Waals surface area contributed by atoms with Crippen molar-refractivity contribution in [3.63, 3.8) is 0 Å². The molecule has 0 saturated heterocycles. The summed E-state index contributed by atoms with van der Waals surface area (Å²) in [6.45, 7) is 11.0. The number of rotatable bonds is 7. The molecule has 0 spiro atoms. The molecule has 1 aromatic heterocycles. The van der Waals surface area contributed by atoms with Gasteiger partial charge in [-0.1, -0.05) is 34.6 Å². The second-order valence-corrected chi connectivity index (χ2v) is 6.93. The Labute approximate surface area is 150 Å². The number of carbonyl (C=O) groups is 1. The fourth-order valence-electron chi connectivity index (χ4n) is 2.77. The maximum atomic E-state index is 12.8. The Kier molecular flexibility index (Phi) is 6.23. The van der Waals surface area contributed by atoms with Crippen LogP contribution in [0.25, 0.3) is 5.69 Å². The number of ether oxygens (including phenoxy) is 1. The topological polar surface area (TPSA) is 56.2 Å². The first-order valence-electron chi connectivity index (χ1n) is 8.93. The third-order valence-electron chi connectivity index (χ3n) is 4.10. The van der Waals surface area contributed by atoms with Crippen LogP contribution < -0.4 is 10.1 Å². The standard InChI is InChI=1S/C20H29N3O2/c1-7-17-18(20(24)21-12-13(2)3)19(14(4)5)22-23(17)15-8-10-16(25-6)11-9-15/h8-11,13-14H,7,12H2,1-6H3,(H,21,24). The van der Waals surface area contributed by atoms with Crippen molar-refractivity contribution < 1.29 is 9.53 Å². The summed E-state index contributed by atoms with van der Waals surface area (Å²) in [6.07, 6.45) is 0.732. The Bertz CT molecular complexity index is 715. The molecule has 0 aliphatic heterocycles. The van der Waals surface area contributed by atoms with Gasteiger partial charge in [-0.15, -0.1) is 0 Å². The summed E-state index contributed by atoms with van der Waals surface area (Å²) in [5.74, 6) is 1.35. The molecule has 1 aromatic carbocycles. The average Bonchev–Trinajstić information content (AvgIpc) is 2.99. The molecule has 0 radical (unpaired) electrons. The van der Waals surface area contributed by atoms with Crippen LogP contribution in [0.5, 0.6) is 5.75 Å². The van der Waals surface area contributed by atoms with Gasteiger partial charge < -0.3 is 10.1 Å². The summed E-state index contributed by atoms with van der Waals surface area (Å²) in [4.78, 5) is 12.8. The molecule has 2 rings (SSSR count). The first-order chi connectivity index (χ1) is 11.9. The molecular weight excluding hydrogens is 314 g/mol. The lowest BCUT2D eigenvalue weighted by Gasteiger charge is -2.11. The Morgan fingerprint density at radius 3 is 2.32 bits per heavy atom. The number of aromatic nitrogens is 2. The molecular formula is C20H29N3O2. The lowest BCUT2D eigenvalue weighted by molar-refractivity contribution is 0.0946. The maximum absolute atomic E-state index is 12.8. The van der Waals surface area contributed by atoms with Crippen LogP contribution in [-0.2, 0) is 6.42 Å². The van der Waals surface area contributed by atoms with Crippen molar-refractivity contribution in [2.24, 2.45) is 5.92 Å². The number of nitrogens with zero attached hydrogens (tertiary/aromatic N) is 2. The minimum atomic E-state index is -0.0333. The van der Waals surface area contributed by atoms with Crippen LogP contribution >= 0.6 is 0 Å². The number of hydrogen-bond donors (Lipinski definition) is 1. The minimum absolute atomic E-state index is 0.0333. The zero-order valence-corrected chi connectivity index (χ0v) is 16.1. The van der Waals surface area contributed by atoms with Gasteiger partial charge >= 0.3 is 0 Å². The van der Waals surface area contributed by atoms with Gasteiger partial charge in [-0.05, 0) is 42.5 Å². The van der Waals surface area contributed by atoms with E-state index in [1.807, 2.05) is 28.9 Å². The van der Waals surface area contributed by atoms with Crippen molar-refractivity contribution in [1.82, 2.24) is 15.1 Å². The average molecular weight is 343 g/mol. The van der Waals surface area contributed by atoms with E-state index < -0.39 is 0 Å². The lowest BCUT2D eigenvalue weighted by atomic mass is 10.0. The molecule has 136 valence electrons. The molecule has 5 heteroatoms. The predicted octanol–water partition coefficient (Wildman–Crippen LogP) is 3.95. The van der Waals surface area contributed by atoms with Gasteiger partial charge in [0.05, 0.1) is 29.7 Å². The number of methoxy groups -OCH3 is 1. The Morgan fingerprint density at radius 1 is 1.20 bits per heavy atom. The first-order valence-corrected chi connectivity index (χ1v) is 8.93. The summed E-state index contributed by atoms with van der Waals surface area (Å²) >= 11 is 0. The molecule has 25 heavy (non-hydrogen) atoms. The summed E-state index contributed by atoms with van der Waals surface area (Å²) in [5.41, 5.74) is 3.43. The van der Waals surface area contributed by atoms with Crippen LogP contribution in [0, 0.1) is 5.92 Å². The summed E-state index contributed by atoms with van der Waals surface area (Å²) in [7, 11) is 1.65. The van der Waals surface area contributed by atoms with Gasteiger partial charge in [0.15, 0.2) is 0 Å². The molecule has 2 aromatic rings. The van der Waals surface area contributed by atoms with Crippen molar-refractivity contribution in [3.05, 3.63) is 41.2 Å². The quantitative estimate of drug-likeness (QED) is 0.828. The number of hydrogen-bond acceptors (Lipinski definition) is 3. The molecule has 0 aliphatic rings. The molecule has 0 unspecified atom stereocenters. The van der Waals surface area contributed by atoms with E-state index in [0.29, 0.717) is 18.0 Å². The Balaban J connectivity index is 2.50. The largest absolute Gasteiger partial charge is 0.497 e. The van der Waals surface area contributed by atoms with Gasteiger partial charge in [0.2, 0.25) is 0 Å². The molecule has 0 bridgehead atoms. The highest BCUT2D eigenvalue weighted by Gasteiger charge is 2.25. The van der Waals surface area contributed by atoms with Gasteiger partial charge in [0.1, 0.15) is 5.75 Å². The van der Waals surface area contributed by atoms with E-state index in [1.54, 1.807) is 7.11 Å². The van der Waals surface area contributed by atoms with Gasteiger partial charge in [-0.25, -0.2) is 4.68 Å². The van der Waals surface area contributed by atoms with Gasteiger partial charge in [0.25, 0.3) is 5.91 Å². The third kappa shape index (κ3) is 4.21. The van der Waals surface area contributed by atoms with Crippen LogP contribution in [0.1, 0.15) is 62.3 Å². The van der Waals surface area contributed by atoms with E-state index in [2.05, 4.69) is 39.9 Å². The van der Waals surface area contributed by atoms with Crippen LogP contribution in [-0.4, -0.2) is 29.3 Å². The fourth-order valence-corrected chi connectivity index (χ4v) is 2.77. The molecule has 0 saturated carbocycles. The number of carbonyl (C=O) groups excluding carboxylic acids is 1. The van der Waals surface area contributed by atoms with Crippen LogP contribution in [0.2, 0.25) is 0 Å². The predicted molar refractivity (Wildman–Crippen MR) is 101 cm³/mol. The molecule has 0 aliphatic carbocycles. The Morgan fingerprint density at radius 2 is 1.84 bits per heavy atom. The smallest absolute Gasteiger partial charge is 0.255 e. The van der Waals surface area contributed by atoms with Crippen LogP contribution in [0.15, 0.2) is 24.3 Å². The molecule has 1 amide bonds. The van der Waals surface area contributed by atoms with Gasteiger partial charge in [-0.3, -0.25) is 4.79 Å². The Hall–Kier alpha value is -2.30.